The van der Waals surface area contributed by atoms with Gasteiger partial charge in [0.05, 0.1) is 6.54 Å². The lowest BCUT2D eigenvalue weighted by Crippen LogP contribution is -2.40. The van der Waals surface area contributed by atoms with Crippen molar-refractivity contribution in [1.82, 2.24) is 4.90 Å². The van der Waals surface area contributed by atoms with Crippen molar-refractivity contribution < 1.29 is 9.53 Å². The van der Waals surface area contributed by atoms with Gasteiger partial charge in [0.1, 0.15) is 5.60 Å². The lowest BCUT2D eigenvalue weighted by molar-refractivity contribution is 0.0224. The van der Waals surface area contributed by atoms with Crippen LogP contribution in [0.15, 0.2) is 18.2 Å². The molecule has 2 rings (SSSR count). The number of ether oxygens (including phenoxy) is 1. The van der Waals surface area contributed by atoms with Gasteiger partial charge in [0.2, 0.25) is 0 Å². The third-order valence-corrected chi connectivity index (χ3v) is 3.94. The van der Waals surface area contributed by atoms with Crippen LogP contribution < -0.4 is 5.32 Å². The molecular weight excluding hydrogens is 276 g/mol. The van der Waals surface area contributed by atoms with Crippen molar-refractivity contribution in [2.24, 2.45) is 0 Å². The van der Waals surface area contributed by atoms with Crippen molar-refractivity contribution in [3.05, 3.63) is 29.3 Å². The van der Waals surface area contributed by atoms with Gasteiger partial charge in [-0.25, -0.2) is 4.79 Å². The highest BCUT2D eigenvalue weighted by molar-refractivity contribution is 5.70. The van der Waals surface area contributed by atoms with Crippen LogP contribution in [0.1, 0.15) is 52.2 Å². The summed E-state index contributed by atoms with van der Waals surface area (Å²) in [6.07, 6.45) is 1.72. The van der Waals surface area contributed by atoms with E-state index in [0.717, 1.165) is 18.5 Å². The van der Waals surface area contributed by atoms with E-state index in [-0.39, 0.29) is 6.09 Å². The molecule has 122 valence electrons. The molecule has 0 aliphatic carbocycles. The van der Waals surface area contributed by atoms with Crippen LogP contribution in [0.2, 0.25) is 0 Å². The van der Waals surface area contributed by atoms with Crippen LogP contribution >= 0.6 is 0 Å². The molecule has 0 saturated carbocycles. The smallest absolute Gasteiger partial charge is 0.410 e. The molecule has 0 spiro atoms. The Kier molecular flexibility index (Phi) is 4.99. The van der Waals surface area contributed by atoms with Gasteiger partial charge in [0.25, 0.3) is 0 Å². The third kappa shape index (κ3) is 4.15. The van der Waals surface area contributed by atoms with Gasteiger partial charge < -0.3 is 15.0 Å². The van der Waals surface area contributed by atoms with Crippen LogP contribution in [0.5, 0.6) is 0 Å². The quantitative estimate of drug-likeness (QED) is 0.910. The van der Waals surface area contributed by atoms with Gasteiger partial charge in [0.15, 0.2) is 0 Å². The Labute approximate surface area is 133 Å². The molecule has 0 aromatic heterocycles. The maximum absolute atomic E-state index is 12.3. The summed E-state index contributed by atoms with van der Waals surface area (Å²) in [6.45, 7) is 11.4. The minimum atomic E-state index is -0.453. The molecule has 4 nitrogen and oxygen atoms in total. The van der Waals surface area contributed by atoms with Crippen LogP contribution in [0, 0.1) is 0 Å². The summed E-state index contributed by atoms with van der Waals surface area (Å²) in [5.41, 5.74) is 3.24. The largest absolute Gasteiger partial charge is 0.444 e. The fourth-order valence-corrected chi connectivity index (χ4v) is 2.57. The Bertz CT molecular complexity index is 534. The molecule has 1 amide bonds. The summed E-state index contributed by atoms with van der Waals surface area (Å²) < 4.78 is 5.50. The molecule has 1 aliphatic heterocycles. The number of carbonyl (C=O) groups excluding carboxylic acids is 1. The average Bonchev–Trinajstić information content (AvgIpc) is 2.45. The van der Waals surface area contributed by atoms with Crippen molar-refractivity contribution in [3.63, 3.8) is 0 Å². The second-order valence-corrected chi connectivity index (χ2v) is 7.05. The van der Waals surface area contributed by atoms with E-state index < -0.39 is 5.60 Å². The Morgan fingerprint density at radius 3 is 2.77 bits per heavy atom. The number of nitrogens with zero attached hydrogens (tertiary/aromatic N) is 1. The van der Waals surface area contributed by atoms with Gasteiger partial charge in [-0.05, 0) is 57.7 Å². The molecule has 1 aromatic rings. The van der Waals surface area contributed by atoms with E-state index in [1.54, 1.807) is 4.90 Å². The molecule has 0 fully saturated rings. The maximum atomic E-state index is 12.3. The SMILES string of the molecule is CCC(C)Nc1cccc2c1CN(C(=O)OC(C)(C)C)CC2. The van der Waals surface area contributed by atoms with Crippen LogP contribution in [0.3, 0.4) is 0 Å². The number of benzene rings is 1. The molecule has 1 N–H and O–H groups in total. The van der Waals surface area contributed by atoms with E-state index in [1.165, 1.54) is 11.1 Å². The first-order chi connectivity index (χ1) is 10.3. The predicted molar refractivity (Wildman–Crippen MR) is 90.2 cm³/mol. The van der Waals surface area contributed by atoms with Crippen molar-refractivity contribution in [2.75, 3.05) is 11.9 Å². The summed E-state index contributed by atoms with van der Waals surface area (Å²) in [5, 5.41) is 3.55. The minimum absolute atomic E-state index is 0.225. The van der Waals surface area contributed by atoms with Crippen LogP contribution in [-0.4, -0.2) is 29.2 Å². The molecule has 0 radical (unpaired) electrons. The van der Waals surface area contributed by atoms with Crippen molar-refractivity contribution in [2.45, 2.75) is 65.6 Å². The van der Waals surface area contributed by atoms with Crippen molar-refractivity contribution >= 4 is 11.8 Å². The molecule has 1 aliphatic rings. The summed E-state index contributed by atoms with van der Waals surface area (Å²) in [6, 6.07) is 6.77. The van der Waals surface area contributed by atoms with Gasteiger partial charge in [0, 0.05) is 18.3 Å². The van der Waals surface area contributed by atoms with Gasteiger partial charge in [-0.1, -0.05) is 19.1 Å². The molecule has 1 aromatic carbocycles. The molecule has 0 bridgehead atoms. The number of anilines is 1. The molecule has 22 heavy (non-hydrogen) atoms. The average molecular weight is 304 g/mol. The maximum Gasteiger partial charge on any atom is 0.410 e. The predicted octanol–water partition coefficient (Wildman–Crippen LogP) is 4.19. The first-order valence-corrected chi connectivity index (χ1v) is 8.15. The van der Waals surface area contributed by atoms with E-state index in [9.17, 15) is 4.79 Å². The normalized spacial score (nSPS) is 16.0. The second-order valence-electron chi connectivity index (χ2n) is 7.05. The second kappa shape index (κ2) is 6.59. The van der Waals surface area contributed by atoms with Gasteiger partial charge >= 0.3 is 6.09 Å². The van der Waals surface area contributed by atoms with Gasteiger partial charge in [-0.3, -0.25) is 0 Å². The molecule has 1 unspecified atom stereocenters. The van der Waals surface area contributed by atoms with Crippen LogP contribution in [0.25, 0.3) is 0 Å². The van der Waals surface area contributed by atoms with E-state index in [1.807, 2.05) is 20.8 Å². The van der Waals surface area contributed by atoms with Gasteiger partial charge in [-0.2, -0.15) is 0 Å². The number of fused-ring (bicyclic) bond motifs is 1. The van der Waals surface area contributed by atoms with E-state index in [4.69, 9.17) is 4.74 Å². The topological polar surface area (TPSA) is 41.6 Å². The molecular formula is C18H28N2O2. The number of rotatable bonds is 3. The van der Waals surface area contributed by atoms with E-state index >= 15 is 0 Å². The Balaban J connectivity index is 2.16. The zero-order chi connectivity index (χ0) is 16.3. The lowest BCUT2D eigenvalue weighted by atomic mass is 9.97. The number of amides is 1. The fraction of sp³-hybridized carbons (Fsp3) is 0.611. The highest BCUT2D eigenvalue weighted by Gasteiger charge is 2.26. The molecule has 4 heteroatoms. The standard InChI is InChI=1S/C18H28N2O2/c1-6-13(2)19-16-9-7-8-14-10-11-20(12-15(14)16)17(21)22-18(3,4)5/h7-9,13,19H,6,10-12H2,1-5H3. The van der Waals surface area contributed by atoms with E-state index in [2.05, 4.69) is 37.4 Å². The molecule has 0 saturated heterocycles. The summed E-state index contributed by atoms with van der Waals surface area (Å²) >= 11 is 0. The molecule has 1 heterocycles. The van der Waals surface area contributed by atoms with Crippen molar-refractivity contribution in [3.8, 4) is 0 Å². The number of carbonyl (C=O) groups is 1. The molecule has 1 atom stereocenters. The Morgan fingerprint density at radius 1 is 1.41 bits per heavy atom. The summed E-state index contributed by atoms with van der Waals surface area (Å²) in [5.74, 6) is 0. The Morgan fingerprint density at radius 2 is 2.14 bits per heavy atom. The monoisotopic (exact) mass is 304 g/mol. The number of hydrogen-bond acceptors (Lipinski definition) is 3. The third-order valence-electron chi connectivity index (χ3n) is 3.94. The highest BCUT2D eigenvalue weighted by Crippen LogP contribution is 2.28. The zero-order valence-electron chi connectivity index (χ0n) is 14.4. The first-order valence-electron chi connectivity index (χ1n) is 8.15. The summed E-state index contributed by atoms with van der Waals surface area (Å²) in [4.78, 5) is 14.1. The summed E-state index contributed by atoms with van der Waals surface area (Å²) in [7, 11) is 0. The first kappa shape index (κ1) is 16.7. The zero-order valence-corrected chi connectivity index (χ0v) is 14.4. The van der Waals surface area contributed by atoms with Gasteiger partial charge in [-0.15, -0.1) is 0 Å². The van der Waals surface area contributed by atoms with E-state index in [0.29, 0.717) is 19.1 Å². The number of nitrogens with one attached hydrogen (secondary N) is 1. The van der Waals surface area contributed by atoms with Crippen LogP contribution in [0.4, 0.5) is 10.5 Å². The van der Waals surface area contributed by atoms with Crippen LogP contribution in [-0.2, 0) is 17.7 Å². The van der Waals surface area contributed by atoms with Crippen molar-refractivity contribution in [1.29, 1.82) is 0 Å². The fourth-order valence-electron chi connectivity index (χ4n) is 2.57. The Hall–Kier alpha value is -1.71. The highest BCUT2D eigenvalue weighted by atomic mass is 16.6. The lowest BCUT2D eigenvalue weighted by Gasteiger charge is -2.32. The number of hydrogen-bond donors (Lipinski definition) is 1. The minimum Gasteiger partial charge on any atom is -0.444 e.